The number of guanidine groups is 1. The summed E-state index contributed by atoms with van der Waals surface area (Å²) in [4.78, 5) is 4.49. The molecular formula is C31H23F7N4O2. The van der Waals surface area contributed by atoms with E-state index in [0.29, 0.717) is 5.56 Å². The van der Waals surface area contributed by atoms with Crippen LogP contribution >= 0.6 is 0 Å². The van der Waals surface area contributed by atoms with Gasteiger partial charge >= 0.3 is 12.7 Å². The summed E-state index contributed by atoms with van der Waals surface area (Å²) in [5.41, 5.74) is -0.152. The van der Waals surface area contributed by atoms with Crippen molar-refractivity contribution in [2.24, 2.45) is 4.99 Å². The smallest absolute Gasteiger partial charge is 0.406 e. The summed E-state index contributed by atoms with van der Waals surface area (Å²) >= 11 is 0. The molecule has 4 aromatic rings. The molecule has 0 fully saturated rings. The fourth-order valence-corrected chi connectivity index (χ4v) is 4.62. The quantitative estimate of drug-likeness (QED) is 0.0663. The van der Waals surface area contributed by atoms with Crippen LogP contribution in [0.3, 0.4) is 0 Å². The van der Waals surface area contributed by atoms with E-state index in [9.17, 15) is 36.0 Å². The lowest BCUT2D eigenvalue weighted by Gasteiger charge is -2.35. The van der Waals surface area contributed by atoms with E-state index >= 15 is 0 Å². The number of nitrogens with zero attached hydrogens (tertiary/aromatic N) is 2. The fourth-order valence-electron chi connectivity index (χ4n) is 4.62. The highest BCUT2D eigenvalue weighted by Crippen LogP contribution is 2.40. The van der Waals surface area contributed by atoms with Gasteiger partial charge in [0.05, 0.1) is 6.54 Å². The first kappa shape index (κ1) is 31.7. The van der Waals surface area contributed by atoms with Crippen molar-refractivity contribution < 1.29 is 40.2 Å². The lowest BCUT2D eigenvalue weighted by atomic mass is 9.70. The van der Waals surface area contributed by atoms with Crippen molar-refractivity contribution >= 4 is 11.6 Å². The average molecular weight is 617 g/mol. The maximum Gasteiger partial charge on any atom is 0.573 e. The van der Waals surface area contributed by atoms with Gasteiger partial charge in [-0.2, -0.15) is 5.26 Å². The average Bonchev–Trinajstić information content (AvgIpc) is 2.94. The number of alkyl halides is 6. The van der Waals surface area contributed by atoms with Gasteiger partial charge in [0.2, 0.25) is 5.96 Å². The molecule has 4 aromatic carbocycles. The van der Waals surface area contributed by atoms with Crippen molar-refractivity contribution in [1.29, 1.82) is 5.26 Å². The predicted octanol–water partition coefficient (Wildman–Crippen LogP) is 7.69. The second-order valence-corrected chi connectivity index (χ2v) is 9.43. The molecule has 228 valence electrons. The summed E-state index contributed by atoms with van der Waals surface area (Å²) in [6.07, 6.45) is -8.29. The normalized spacial score (nSPS) is 12.3. The first-order valence-electron chi connectivity index (χ1n) is 12.8. The largest absolute Gasteiger partial charge is 0.573 e. The number of halogens is 7. The van der Waals surface area contributed by atoms with E-state index in [1.54, 1.807) is 36.5 Å². The zero-order valence-electron chi connectivity index (χ0n) is 22.6. The Kier molecular flexibility index (Phi) is 9.63. The Labute approximate surface area is 247 Å². The maximum atomic E-state index is 13.8. The van der Waals surface area contributed by atoms with Crippen LogP contribution in [0.4, 0.5) is 36.4 Å². The van der Waals surface area contributed by atoms with Crippen molar-refractivity contribution in [3.8, 4) is 17.7 Å². The van der Waals surface area contributed by atoms with Gasteiger partial charge in [-0.15, -0.1) is 26.3 Å². The molecule has 4 rings (SSSR count). The number of ether oxygens (including phenoxy) is 2. The van der Waals surface area contributed by atoms with Crippen LogP contribution in [0.5, 0.6) is 11.5 Å². The molecule has 0 spiro atoms. The van der Waals surface area contributed by atoms with E-state index in [1.165, 1.54) is 42.5 Å². The molecule has 0 amide bonds. The van der Waals surface area contributed by atoms with Crippen LogP contribution in [0, 0.1) is 17.3 Å². The van der Waals surface area contributed by atoms with E-state index in [0.717, 1.165) is 30.3 Å². The van der Waals surface area contributed by atoms with Crippen molar-refractivity contribution in [2.45, 2.75) is 24.6 Å². The highest BCUT2D eigenvalue weighted by atomic mass is 19.4. The molecule has 0 radical (unpaired) electrons. The molecule has 0 saturated heterocycles. The van der Waals surface area contributed by atoms with Crippen LogP contribution in [0.15, 0.2) is 108 Å². The van der Waals surface area contributed by atoms with Crippen LogP contribution < -0.4 is 20.1 Å². The molecular weight excluding hydrogens is 593 g/mol. The van der Waals surface area contributed by atoms with E-state index in [4.69, 9.17) is 0 Å². The number of anilines is 1. The first-order valence-corrected chi connectivity index (χ1v) is 12.8. The molecule has 13 heteroatoms. The first-order chi connectivity index (χ1) is 20.8. The number of hydrogen-bond donors (Lipinski definition) is 2. The SMILES string of the molecule is N#CNC(=NCC(Cc1ccccc1)(c1cccc(OC(F)(F)F)c1)c1cccc(OC(F)(F)F)c1)Nc1cccc(F)c1. The van der Waals surface area contributed by atoms with Gasteiger partial charge in [0.25, 0.3) is 0 Å². The van der Waals surface area contributed by atoms with E-state index in [1.807, 2.05) is 0 Å². The highest BCUT2D eigenvalue weighted by Gasteiger charge is 2.38. The van der Waals surface area contributed by atoms with Gasteiger partial charge in [-0.3, -0.25) is 10.3 Å². The third-order valence-electron chi connectivity index (χ3n) is 6.36. The minimum absolute atomic E-state index is 0.0298. The summed E-state index contributed by atoms with van der Waals surface area (Å²) in [5.74, 6) is -1.85. The summed E-state index contributed by atoms with van der Waals surface area (Å²) in [5, 5.41) is 14.5. The summed E-state index contributed by atoms with van der Waals surface area (Å²) in [6.45, 7) is -0.320. The van der Waals surface area contributed by atoms with Crippen LogP contribution in [-0.2, 0) is 11.8 Å². The Morgan fingerprint density at radius 2 is 1.30 bits per heavy atom. The van der Waals surface area contributed by atoms with Gasteiger partial charge in [-0.05, 0) is 65.6 Å². The molecule has 0 aliphatic rings. The van der Waals surface area contributed by atoms with Crippen molar-refractivity contribution in [3.63, 3.8) is 0 Å². The molecule has 44 heavy (non-hydrogen) atoms. The number of nitriles is 1. The third-order valence-corrected chi connectivity index (χ3v) is 6.36. The highest BCUT2D eigenvalue weighted by molar-refractivity contribution is 5.94. The predicted molar refractivity (Wildman–Crippen MR) is 148 cm³/mol. The fraction of sp³-hybridized carbons (Fsp3) is 0.161. The monoisotopic (exact) mass is 616 g/mol. The molecule has 0 aliphatic carbocycles. The van der Waals surface area contributed by atoms with E-state index < -0.39 is 35.5 Å². The number of hydrogen-bond acceptors (Lipinski definition) is 4. The molecule has 0 heterocycles. The van der Waals surface area contributed by atoms with Crippen LogP contribution in [-0.4, -0.2) is 25.2 Å². The topological polar surface area (TPSA) is 78.7 Å². The molecule has 0 aliphatic heterocycles. The molecule has 0 atom stereocenters. The zero-order chi connectivity index (χ0) is 31.8. The van der Waals surface area contributed by atoms with Crippen molar-refractivity contribution in [3.05, 3.63) is 126 Å². The van der Waals surface area contributed by atoms with Crippen molar-refractivity contribution in [1.82, 2.24) is 5.32 Å². The lowest BCUT2D eigenvalue weighted by Crippen LogP contribution is -2.37. The van der Waals surface area contributed by atoms with E-state index in [2.05, 4.69) is 25.1 Å². The molecule has 6 nitrogen and oxygen atoms in total. The van der Waals surface area contributed by atoms with Gasteiger partial charge in [-0.25, -0.2) is 4.39 Å². The van der Waals surface area contributed by atoms with Gasteiger partial charge in [0.15, 0.2) is 6.19 Å². The lowest BCUT2D eigenvalue weighted by molar-refractivity contribution is -0.275. The Hall–Kier alpha value is -5.25. The third kappa shape index (κ3) is 8.87. The minimum Gasteiger partial charge on any atom is -0.406 e. The second-order valence-electron chi connectivity index (χ2n) is 9.43. The Morgan fingerprint density at radius 3 is 1.82 bits per heavy atom. The molecule has 0 aromatic heterocycles. The summed E-state index contributed by atoms with van der Waals surface area (Å²) < 4.78 is 101. The minimum atomic E-state index is -5.02. The van der Waals surface area contributed by atoms with Gasteiger partial charge < -0.3 is 14.8 Å². The van der Waals surface area contributed by atoms with Gasteiger partial charge in [-0.1, -0.05) is 60.7 Å². The number of benzene rings is 4. The van der Waals surface area contributed by atoms with E-state index in [-0.39, 0.29) is 35.7 Å². The Bertz CT molecular complexity index is 1580. The number of rotatable bonds is 9. The van der Waals surface area contributed by atoms with Crippen LogP contribution in [0.1, 0.15) is 16.7 Å². The molecule has 2 N–H and O–H groups in total. The van der Waals surface area contributed by atoms with Crippen LogP contribution in [0.25, 0.3) is 0 Å². The van der Waals surface area contributed by atoms with Gasteiger partial charge in [0.1, 0.15) is 17.3 Å². The zero-order valence-corrected chi connectivity index (χ0v) is 22.6. The second kappa shape index (κ2) is 13.4. The Balaban J connectivity index is 1.92. The summed E-state index contributed by atoms with van der Waals surface area (Å²) in [7, 11) is 0. The molecule has 0 saturated carbocycles. The Morgan fingerprint density at radius 1 is 0.727 bits per heavy atom. The van der Waals surface area contributed by atoms with Gasteiger partial charge in [0, 0.05) is 11.1 Å². The number of aliphatic imine (C=N–C) groups is 1. The van der Waals surface area contributed by atoms with Crippen LogP contribution in [0.2, 0.25) is 0 Å². The maximum absolute atomic E-state index is 13.8. The summed E-state index contributed by atoms with van der Waals surface area (Å²) in [6, 6.07) is 24.0. The molecule has 0 bridgehead atoms. The van der Waals surface area contributed by atoms with Crippen molar-refractivity contribution in [2.75, 3.05) is 11.9 Å². The standard InChI is InChI=1S/C31H23F7N4O2/c32-24-11-6-12-25(17-24)42-28(41-20-39)40-19-29(18-21-7-2-1-3-8-21,22-9-4-13-26(15-22)43-30(33,34)35)23-10-5-14-27(16-23)44-31(36,37)38/h1-17H,18-19H2,(H2,40,41,42). The number of nitrogens with one attached hydrogen (secondary N) is 2. The molecule has 0 unspecified atom stereocenters.